The standard InChI is InChI=1S/C11H22O2Si/c1-4-7-9-12-14(11-6-3)13-10-8-5-2/h3,14H,4-5,7-11H2,1-2H3. The molecule has 14 heavy (non-hydrogen) atoms. The molecule has 0 bridgehead atoms. The van der Waals surface area contributed by atoms with Gasteiger partial charge in [0.2, 0.25) is 0 Å². The van der Waals surface area contributed by atoms with Gasteiger partial charge in [0.25, 0.3) is 0 Å². The Balaban J connectivity index is 3.50. The van der Waals surface area contributed by atoms with Crippen molar-refractivity contribution in [1.29, 1.82) is 0 Å². The van der Waals surface area contributed by atoms with Gasteiger partial charge >= 0.3 is 9.28 Å². The smallest absolute Gasteiger partial charge is 0.333 e. The number of hydrogen-bond acceptors (Lipinski definition) is 2. The van der Waals surface area contributed by atoms with Crippen LogP contribution >= 0.6 is 0 Å². The monoisotopic (exact) mass is 214 g/mol. The Morgan fingerprint density at radius 3 is 1.93 bits per heavy atom. The second-order valence-corrected chi connectivity index (χ2v) is 5.22. The highest BCUT2D eigenvalue weighted by Gasteiger charge is 2.10. The summed E-state index contributed by atoms with van der Waals surface area (Å²) in [5.41, 5.74) is 0. The maximum atomic E-state index is 5.64. The van der Waals surface area contributed by atoms with Crippen LogP contribution in [0.5, 0.6) is 0 Å². The van der Waals surface area contributed by atoms with Gasteiger partial charge in [-0.2, -0.15) is 0 Å². The summed E-state index contributed by atoms with van der Waals surface area (Å²) in [5, 5.41) is 0. The van der Waals surface area contributed by atoms with Crippen LogP contribution in [0.25, 0.3) is 0 Å². The molecule has 0 amide bonds. The third-order valence-corrected chi connectivity index (χ3v) is 3.67. The maximum absolute atomic E-state index is 5.64. The van der Waals surface area contributed by atoms with E-state index in [9.17, 15) is 0 Å². The number of hydrogen-bond donors (Lipinski definition) is 0. The molecule has 0 saturated carbocycles. The zero-order valence-electron chi connectivity index (χ0n) is 9.42. The van der Waals surface area contributed by atoms with Crippen LogP contribution in [-0.2, 0) is 8.85 Å². The van der Waals surface area contributed by atoms with Crippen LogP contribution in [-0.4, -0.2) is 22.5 Å². The van der Waals surface area contributed by atoms with Gasteiger partial charge in [-0.05, 0) is 12.8 Å². The minimum Gasteiger partial charge on any atom is -0.396 e. The van der Waals surface area contributed by atoms with E-state index in [4.69, 9.17) is 15.3 Å². The molecule has 0 heterocycles. The van der Waals surface area contributed by atoms with Crippen LogP contribution in [0.2, 0.25) is 6.04 Å². The Morgan fingerprint density at radius 1 is 1.07 bits per heavy atom. The molecule has 0 unspecified atom stereocenters. The fourth-order valence-electron chi connectivity index (χ4n) is 0.980. The van der Waals surface area contributed by atoms with Gasteiger partial charge in [-0.25, -0.2) is 0 Å². The minimum absolute atomic E-state index is 0.688. The fourth-order valence-corrected chi connectivity index (χ4v) is 2.36. The Bertz CT molecular complexity index is 144. The van der Waals surface area contributed by atoms with Crippen molar-refractivity contribution in [2.45, 2.75) is 45.6 Å². The molecule has 0 aromatic carbocycles. The summed E-state index contributed by atoms with van der Waals surface area (Å²) in [4.78, 5) is 0. The molecular weight excluding hydrogens is 192 g/mol. The lowest BCUT2D eigenvalue weighted by molar-refractivity contribution is 0.194. The Kier molecular flexibility index (Phi) is 10.5. The molecule has 0 aromatic rings. The van der Waals surface area contributed by atoms with Crippen LogP contribution in [0, 0.1) is 12.3 Å². The van der Waals surface area contributed by atoms with E-state index in [0.29, 0.717) is 6.04 Å². The fraction of sp³-hybridized carbons (Fsp3) is 0.818. The topological polar surface area (TPSA) is 18.5 Å². The van der Waals surface area contributed by atoms with Gasteiger partial charge in [0, 0.05) is 19.3 Å². The van der Waals surface area contributed by atoms with Crippen molar-refractivity contribution in [3.63, 3.8) is 0 Å². The van der Waals surface area contributed by atoms with Gasteiger partial charge in [-0.15, -0.1) is 12.3 Å². The molecule has 0 aliphatic heterocycles. The first-order valence-electron chi connectivity index (χ1n) is 5.51. The highest BCUT2D eigenvalue weighted by molar-refractivity contribution is 6.45. The lowest BCUT2D eigenvalue weighted by atomic mass is 10.4. The zero-order valence-corrected chi connectivity index (χ0v) is 10.6. The molecule has 0 N–H and O–H groups in total. The molecule has 0 atom stereocenters. The summed E-state index contributed by atoms with van der Waals surface area (Å²) < 4.78 is 11.3. The Labute approximate surface area is 89.8 Å². The van der Waals surface area contributed by atoms with E-state index in [1.165, 1.54) is 0 Å². The summed E-state index contributed by atoms with van der Waals surface area (Å²) in [6.45, 7) is 5.92. The summed E-state index contributed by atoms with van der Waals surface area (Å²) in [6, 6.07) is 0.688. The second-order valence-electron chi connectivity index (χ2n) is 3.29. The number of terminal acetylenes is 1. The van der Waals surface area contributed by atoms with E-state index >= 15 is 0 Å². The first kappa shape index (κ1) is 13.7. The van der Waals surface area contributed by atoms with Crippen LogP contribution in [0.1, 0.15) is 39.5 Å². The van der Waals surface area contributed by atoms with Crippen molar-refractivity contribution < 1.29 is 8.85 Å². The van der Waals surface area contributed by atoms with E-state index in [1.54, 1.807) is 0 Å². The van der Waals surface area contributed by atoms with E-state index in [-0.39, 0.29) is 0 Å². The van der Waals surface area contributed by atoms with Crippen molar-refractivity contribution in [1.82, 2.24) is 0 Å². The Hall–Kier alpha value is -0.303. The molecule has 0 rings (SSSR count). The summed E-state index contributed by atoms with van der Waals surface area (Å²) in [7, 11) is -1.53. The lowest BCUT2D eigenvalue weighted by Gasteiger charge is -2.14. The number of unbranched alkanes of at least 4 members (excludes halogenated alkanes) is 2. The molecule has 0 spiro atoms. The van der Waals surface area contributed by atoms with E-state index in [1.807, 2.05) is 0 Å². The largest absolute Gasteiger partial charge is 0.396 e. The van der Waals surface area contributed by atoms with Crippen molar-refractivity contribution in [2.75, 3.05) is 13.2 Å². The maximum Gasteiger partial charge on any atom is 0.333 e. The van der Waals surface area contributed by atoms with Crippen molar-refractivity contribution in [3.05, 3.63) is 0 Å². The predicted molar refractivity (Wildman–Crippen MR) is 62.5 cm³/mol. The highest BCUT2D eigenvalue weighted by Crippen LogP contribution is 2.00. The normalized spacial score (nSPS) is 10.4. The van der Waals surface area contributed by atoms with Crippen molar-refractivity contribution in [2.24, 2.45) is 0 Å². The molecule has 0 fully saturated rings. The molecule has 82 valence electrons. The van der Waals surface area contributed by atoms with Gasteiger partial charge in [0.1, 0.15) is 0 Å². The third kappa shape index (κ3) is 8.30. The molecule has 0 radical (unpaired) electrons. The molecule has 0 aliphatic rings. The number of rotatable bonds is 9. The van der Waals surface area contributed by atoms with Crippen LogP contribution in [0.3, 0.4) is 0 Å². The SMILES string of the molecule is C#CC[SiH](OCCCC)OCCCC. The van der Waals surface area contributed by atoms with Crippen molar-refractivity contribution in [3.8, 4) is 12.3 Å². The molecule has 0 aromatic heterocycles. The Morgan fingerprint density at radius 2 is 1.57 bits per heavy atom. The third-order valence-electron chi connectivity index (χ3n) is 1.89. The summed E-state index contributed by atoms with van der Waals surface area (Å²) >= 11 is 0. The van der Waals surface area contributed by atoms with Gasteiger partial charge in [-0.3, -0.25) is 0 Å². The van der Waals surface area contributed by atoms with E-state index in [0.717, 1.165) is 38.9 Å². The lowest BCUT2D eigenvalue weighted by Crippen LogP contribution is -2.23. The van der Waals surface area contributed by atoms with Gasteiger partial charge < -0.3 is 8.85 Å². The van der Waals surface area contributed by atoms with E-state index < -0.39 is 9.28 Å². The molecule has 3 heteroatoms. The average molecular weight is 214 g/mol. The van der Waals surface area contributed by atoms with Crippen LogP contribution in [0.4, 0.5) is 0 Å². The van der Waals surface area contributed by atoms with Crippen LogP contribution in [0.15, 0.2) is 0 Å². The average Bonchev–Trinajstić information content (AvgIpc) is 2.18. The van der Waals surface area contributed by atoms with Crippen molar-refractivity contribution >= 4 is 9.28 Å². The van der Waals surface area contributed by atoms with Gasteiger partial charge in [-0.1, -0.05) is 26.7 Å². The summed E-state index contributed by atoms with van der Waals surface area (Å²) in [6.07, 6.45) is 9.79. The molecule has 0 aliphatic carbocycles. The first-order chi connectivity index (χ1) is 6.85. The first-order valence-corrected chi connectivity index (χ1v) is 7.27. The minimum atomic E-state index is -1.53. The highest BCUT2D eigenvalue weighted by atomic mass is 28.3. The zero-order chi connectivity index (χ0) is 10.6. The second kappa shape index (κ2) is 10.8. The summed E-state index contributed by atoms with van der Waals surface area (Å²) in [5.74, 6) is 2.63. The quantitative estimate of drug-likeness (QED) is 0.333. The predicted octanol–water partition coefficient (Wildman–Crippen LogP) is 2.47. The molecule has 0 saturated heterocycles. The molecule has 2 nitrogen and oxygen atoms in total. The molecular formula is C11H22O2Si. The van der Waals surface area contributed by atoms with E-state index in [2.05, 4.69) is 19.8 Å². The van der Waals surface area contributed by atoms with Gasteiger partial charge in [0.15, 0.2) is 0 Å². The van der Waals surface area contributed by atoms with Gasteiger partial charge in [0.05, 0.1) is 0 Å². The van der Waals surface area contributed by atoms with Crippen LogP contribution < -0.4 is 0 Å².